The van der Waals surface area contributed by atoms with Crippen LogP contribution in [-0.2, 0) is 11.3 Å². The molecule has 0 saturated carbocycles. The highest BCUT2D eigenvalue weighted by molar-refractivity contribution is 7.14. The number of hydrogen-bond donors (Lipinski definition) is 1. The molecule has 2 aromatic carbocycles. The van der Waals surface area contributed by atoms with E-state index < -0.39 is 5.97 Å². The summed E-state index contributed by atoms with van der Waals surface area (Å²) in [5.41, 5.74) is 3.36. The number of carbonyl (C=O) groups is 2. The molecule has 0 spiro atoms. The van der Waals surface area contributed by atoms with Gasteiger partial charge in [0.1, 0.15) is 12.3 Å². The number of rotatable bonds is 10. The van der Waals surface area contributed by atoms with Gasteiger partial charge in [0.25, 0.3) is 5.91 Å². The molecule has 0 atom stereocenters. The Balaban J connectivity index is 1.73. The Morgan fingerprint density at radius 2 is 1.84 bits per heavy atom. The van der Waals surface area contributed by atoms with E-state index in [0.29, 0.717) is 18.7 Å². The van der Waals surface area contributed by atoms with Gasteiger partial charge in [-0.3, -0.25) is 9.59 Å². The Bertz CT molecular complexity index is 1080. The van der Waals surface area contributed by atoms with Gasteiger partial charge in [0.15, 0.2) is 5.13 Å². The van der Waals surface area contributed by atoms with E-state index in [4.69, 9.17) is 14.8 Å². The van der Waals surface area contributed by atoms with E-state index in [1.165, 1.54) is 11.9 Å². The van der Waals surface area contributed by atoms with Crippen molar-refractivity contribution < 1.29 is 19.4 Å². The van der Waals surface area contributed by atoms with Gasteiger partial charge in [-0.15, -0.1) is 17.9 Å². The normalized spacial score (nSPS) is 10.4. The van der Waals surface area contributed by atoms with Gasteiger partial charge in [0, 0.05) is 36.6 Å². The lowest BCUT2D eigenvalue weighted by molar-refractivity contribution is -0.137. The highest BCUT2D eigenvalue weighted by atomic mass is 32.1. The maximum atomic E-state index is 12.3. The second kappa shape index (κ2) is 10.6. The SMILES string of the molecule is C=CCN(Cc1ccc(C(=O)N(C)CC(=O)O)cc1)c1nc(-c2ccc(OC)cc2)cs1. The highest BCUT2D eigenvalue weighted by Gasteiger charge is 2.16. The number of carbonyl (C=O) groups excluding carboxylic acids is 1. The van der Waals surface area contributed by atoms with Gasteiger partial charge >= 0.3 is 5.97 Å². The molecule has 1 N–H and O–H groups in total. The number of carboxylic acid groups (broad SMARTS) is 1. The zero-order valence-electron chi connectivity index (χ0n) is 18.0. The van der Waals surface area contributed by atoms with Crippen LogP contribution in [0.1, 0.15) is 15.9 Å². The summed E-state index contributed by atoms with van der Waals surface area (Å²) in [6.45, 7) is 4.74. The van der Waals surface area contributed by atoms with Gasteiger partial charge in [0.2, 0.25) is 0 Å². The molecule has 1 heterocycles. The zero-order valence-corrected chi connectivity index (χ0v) is 18.8. The van der Waals surface area contributed by atoms with Gasteiger partial charge in [-0.2, -0.15) is 0 Å². The predicted molar refractivity (Wildman–Crippen MR) is 126 cm³/mol. The van der Waals surface area contributed by atoms with Crippen LogP contribution in [0.25, 0.3) is 11.3 Å². The van der Waals surface area contributed by atoms with Crippen LogP contribution in [0.4, 0.5) is 5.13 Å². The van der Waals surface area contributed by atoms with Crippen LogP contribution in [0.5, 0.6) is 5.75 Å². The van der Waals surface area contributed by atoms with E-state index in [-0.39, 0.29) is 12.5 Å². The summed E-state index contributed by atoms with van der Waals surface area (Å²) >= 11 is 1.56. The number of carboxylic acids is 1. The third kappa shape index (κ3) is 5.73. The van der Waals surface area contributed by atoms with E-state index in [0.717, 1.165) is 27.7 Å². The third-order valence-corrected chi connectivity index (χ3v) is 5.69. The molecule has 0 fully saturated rings. The summed E-state index contributed by atoms with van der Waals surface area (Å²) in [5.74, 6) is -0.575. The number of hydrogen-bond acceptors (Lipinski definition) is 6. The predicted octanol–water partition coefficient (Wildman–Crippen LogP) is 4.17. The van der Waals surface area contributed by atoms with Crippen LogP contribution in [0.2, 0.25) is 0 Å². The molecular weight excluding hydrogens is 426 g/mol. The first-order chi connectivity index (χ1) is 15.4. The van der Waals surface area contributed by atoms with E-state index >= 15 is 0 Å². The van der Waals surface area contributed by atoms with Crippen LogP contribution in [0.15, 0.2) is 66.6 Å². The molecule has 0 aliphatic rings. The molecule has 166 valence electrons. The van der Waals surface area contributed by atoms with Crippen LogP contribution < -0.4 is 9.64 Å². The molecule has 32 heavy (non-hydrogen) atoms. The number of nitrogens with zero attached hydrogens (tertiary/aromatic N) is 3. The van der Waals surface area contributed by atoms with E-state index in [2.05, 4.69) is 11.5 Å². The monoisotopic (exact) mass is 451 g/mol. The van der Waals surface area contributed by atoms with Crippen molar-refractivity contribution in [1.82, 2.24) is 9.88 Å². The minimum atomic E-state index is -1.05. The van der Waals surface area contributed by atoms with E-state index in [1.807, 2.05) is 47.9 Å². The lowest BCUT2D eigenvalue weighted by Crippen LogP contribution is -2.31. The second-order valence-electron chi connectivity index (χ2n) is 7.16. The number of anilines is 1. The van der Waals surface area contributed by atoms with Crippen molar-refractivity contribution in [2.24, 2.45) is 0 Å². The lowest BCUT2D eigenvalue weighted by Gasteiger charge is -2.20. The number of aliphatic carboxylic acids is 1. The van der Waals surface area contributed by atoms with Crippen molar-refractivity contribution in [2.75, 3.05) is 32.1 Å². The number of aromatic nitrogens is 1. The molecule has 0 bridgehead atoms. The van der Waals surface area contributed by atoms with Crippen LogP contribution in [0, 0.1) is 0 Å². The fraction of sp³-hybridized carbons (Fsp3) is 0.208. The van der Waals surface area contributed by atoms with Crippen molar-refractivity contribution in [3.05, 3.63) is 77.7 Å². The summed E-state index contributed by atoms with van der Waals surface area (Å²) in [4.78, 5) is 31.2. The maximum Gasteiger partial charge on any atom is 0.323 e. The van der Waals surface area contributed by atoms with Crippen LogP contribution in [0.3, 0.4) is 0 Å². The van der Waals surface area contributed by atoms with Crippen LogP contribution >= 0.6 is 11.3 Å². The molecule has 3 aromatic rings. The molecule has 7 nitrogen and oxygen atoms in total. The quantitative estimate of drug-likeness (QED) is 0.466. The highest BCUT2D eigenvalue weighted by Crippen LogP contribution is 2.29. The Labute approximate surface area is 191 Å². The maximum absolute atomic E-state index is 12.3. The molecule has 0 aliphatic carbocycles. The summed E-state index contributed by atoms with van der Waals surface area (Å²) in [5, 5.41) is 11.8. The third-order valence-electron chi connectivity index (χ3n) is 4.79. The van der Waals surface area contributed by atoms with Crippen molar-refractivity contribution in [3.63, 3.8) is 0 Å². The Kier molecular flexibility index (Phi) is 7.62. The molecule has 1 amide bonds. The molecule has 1 aromatic heterocycles. The molecule has 3 rings (SSSR count). The molecule has 0 saturated heterocycles. The lowest BCUT2D eigenvalue weighted by atomic mass is 10.1. The van der Waals surface area contributed by atoms with E-state index in [1.54, 1.807) is 30.6 Å². The minimum Gasteiger partial charge on any atom is -0.497 e. The average molecular weight is 452 g/mol. The Morgan fingerprint density at radius 3 is 2.44 bits per heavy atom. The minimum absolute atomic E-state index is 0.328. The average Bonchev–Trinajstić information content (AvgIpc) is 3.28. The summed E-state index contributed by atoms with van der Waals surface area (Å²) in [6.07, 6.45) is 1.83. The zero-order chi connectivity index (χ0) is 23.1. The van der Waals surface area contributed by atoms with Crippen molar-refractivity contribution in [3.8, 4) is 17.0 Å². The Morgan fingerprint density at radius 1 is 1.16 bits per heavy atom. The number of benzene rings is 2. The van der Waals surface area contributed by atoms with Crippen molar-refractivity contribution >= 4 is 28.3 Å². The molecule has 0 radical (unpaired) electrons. The van der Waals surface area contributed by atoms with E-state index in [9.17, 15) is 9.59 Å². The largest absolute Gasteiger partial charge is 0.497 e. The standard InChI is InChI=1S/C24H25N3O4S/c1-4-13-27(24-25-21(16-32-24)18-9-11-20(31-3)12-10-18)14-17-5-7-19(8-6-17)23(30)26(2)15-22(28)29/h4-12,16H,1,13-15H2,2-3H3,(H,28,29). The van der Waals surface area contributed by atoms with Crippen LogP contribution in [-0.4, -0.2) is 54.1 Å². The summed E-state index contributed by atoms with van der Waals surface area (Å²) in [6, 6.07) is 14.9. The van der Waals surface area contributed by atoms with Gasteiger partial charge in [-0.1, -0.05) is 18.2 Å². The summed E-state index contributed by atoms with van der Waals surface area (Å²) < 4.78 is 5.21. The molecular formula is C24H25N3O4S. The fourth-order valence-electron chi connectivity index (χ4n) is 3.14. The molecule has 0 aliphatic heterocycles. The first-order valence-corrected chi connectivity index (χ1v) is 10.8. The Hall–Kier alpha value is -3.65. The number of thiazole rings is 1. The molecule has 8 heteroatoms. The smallest absolute Gasteiger partial charge is 0.323 e. The van der Waals surface area contributed by atoms with Gasteiger partial charge in [-0.05, 0) is 42.0 Å². The van der Waals surface area contributed by atoms with Gasteiger partial charge in [0.05, 0.1) is 12.8 Å². The second-order valence-corrected chi connectivity index (χ2v) is 8.00. The van der Waals surface area contributed by atoms with Crippen molar-refractivity contribution in [1.29, 1.82) is 0 Å². The fourth-order valence-corrected chi connectivity index (χ4v) is 3.98. The number of methoxy groups -OCH3 is 1. The molecule has 0 unspecified atom stereocenters. The first-order valence-electron chi connectivity index (χ1n) is 9.93. The van der Waals surface area contributed by atoms with Gasteiger partial charge in [-0.25, -0.2) is 4.98 Å². The number of ether oxygens (including phenoxy) is 1. The van der Waals surface area contributed by atoms with Gasteiger partial charge < -0.3 is 19.6 Å². The number of amides is 1. The first kappa shape index (κ1) is 23.0. The topological polar surface area (TPSA) is 83.0 Å². The number of likely N-dealkylation sites (N-methyl/N-ethyl adjacent to an activating group) is 1. The summed E-state index contributed by atoms with van der Waals surface area (Å²) in [7, 11) is 3.11. The van der Waals surface area contributed by atoms with Crippen molar-refractivity contribution in [2.45, 2.75) is 6.54 Å².